The number of ether oxygens (including phenoxy) is 2. The molecule has 4 aromatic rings. The number of aromatic carboxylic acids is 1. The lowest BCUT2D eigenvalue weighted by Gasteiger charge is -2.20. The summed E-state index contributed by atoms with van der Waals surface area (Å²) >= 11 is 0. The van der Waals surface area contributed by atoms with E-state index in [9.17, 15) is 23.2 Å². The first-order chi connectivity index (χ1) is 19.9. The zero-order valence-electron chi connectivity index (χ0n) is 23.6. The second-order valence-electron chi connectivity index (χ2n) is 9.97. The summed E-state index contributed by atoms with van der Waals surface area (Å²) in [7, 11) is -4.00. The second kappa shape index (κ2) is 13.3. The smallest absolute Gasteiger partial charge is 0.361 e. The Labute approximate surface area is 243 Å². The molecular formula is C32H31F2O7P. The summed E-state index contributed by atoms with van der Waals surface area (Å²) in [5.41, 5.74) is 1.84. The first-order valence-electron chi connectivity index (χ1n) is 13.1. The summed E-state index contributed by atoms with van der Waals surface area (Å²) in [5, 5.41) is 9.66. The van der Waals surface area contributed by atoms with Crippen LogP contribution in [0.2, 0.25) is 0 Å². The molecular weight excluding hydrogens is 565 g/mol. The van der Waals surface area contributed by atoms with E-state index in [-0.39, 0.29) is 35.9 Å². The largest absolute Gasteiger partial charge is 0.491 e. The molecule has 0 amide bonds. The Kier molecular flexibility index (Phi) is 9.78. The predicted molar refractivity (Wildman–Crippen MR) is 155 cm³/mol. The molecule has 10 heteroatoms. The van der Waals surface area contributed by atoms with Crippen molar-refractivity contribution >= 4 is 18.9 Å². The van der Waals surface area contributed by atoms with Gasteiger partial charge in [-0.05, 0) is 98.5 Å². The van der Waals surface area contributed by atoms with Crippen molar-refractivity contribution in [2.24, 2.45) is 0 Å². The molecule has 0 aromatic heterocycles. The Balaban J connectivity index is 1.58. The van der Waals surface area contributed by atoms with Crippen molar-refractivity contribution in [1.82, 2.24) is 0 Å². The number of carbonyl (C=O) groups is 1. The van der Waals surface area contributed by atoms with Crippen molar-refractivity contribution in [2.45, 2.75) is 47.0 Å². The molecule has 0 aliphatic heterocycles. The molecule has 4 rings (SSSR count). The lowest BCUT2D eigenvalue weighted by atomic mass is 10.1. The number of aryl methyl sites for hydroxylation is 2. The van der Waals surface area contributed by atoms with Gasteiger partial charge in [0, 0.05) is 6.07 Å². The molecule has 0 saturated carbocycles. The molecule has 7 nitrogen and oxygen atoms in total. The fraction of sp³-hybridized carbons (Fsp3) is 0.219. The summed E-state index contributed by atoms with van der Waals surface area (Å²) in [6.07, 6.45) is -0.178. The number of hydrogen-bond donors (Lipinski definition) is 1. The van der Waals surface area contributed by atoms with Crippen molar-refractivity contribution in [1.29, 1.82) is 0 Å². The van der Waals surface area contributed by atoms with Crippen LogP contribution < -0.4 is 14.8 Å². The van der Waals surface area contributed by atoms with Crippen LogP contribution in [0.4, 0.5) is 8.78 Å². The van der Waals surface area contributed by atoms with E-state index in [1.165, 1.54) is 48.5 Å². The minimum atomic E-state index is -4.00. The maximum Gasteiger partial charge on any atom is 0.361 e. The Hall–Kier alpha value is -4.04. The molecule has 0 bridgehead atoms. The normalized spacial score (nSPS) is 11.5. The lowest BCUT2D eigenvalue weighted by molar-refractivity contribution is 0.0695. The van der Waals surface area contributed by atoms with Gasteiger partial charge in [-0.3, -0.25) is 4.57 Å². The van der Waals surface area contributed by atoms with E-state index in [2.05, 4.69) is 0 Å². The molecule has 0 radical (unpaired) electrons. The van der Waals surface area contributed by atoms with Gasteiger partial charge in [0.2, 0.25) is 0 Å². The third-order valence-electron chi connectivity index (χ3n) is 6.16. The third-order valence-corrected chi connectivity index (χ3v) is 8.03. The van der Waals surface area contributed by atoms with E-state index >= 15 is 0 Å². The first-order valence-corrected chi connectivity index (χ1v) is 14.7. The Morgan fingerprint density at radius 2 is 1.29 bits per heavy atom. The summed E-state index contributed by atoms with van der Waals surface area (Å²) in [4.78, 5) is 11.6. The molecule has 220 valence electrons. The van der Waals surface area contributed by atoms with E-state index in [4.69, 9.17) is 18.5 Å². The zero-order valence-corrected chi connectivity index (χ0v) is 24.5. The van der Waals surface area contributed by atoms with Gasteiger partial charge >= 0.3 is 13.6 Å². The molecule has 0 spiro atoms. The number of rotatable bonds is 12. The highest BCUT2D eigenvalue weighted by Gasteiger charge is 2.28. The molecule has 42 heavy (non-hydrogen) atoms. The van der Waals surface area contributed by atoms with Crippen LogP contribution in [0.3, 0.4) is 0 Å². The highest BCUT2D eigenvalue weighted by atomic mass is 31.2. The van der Waals surface area contributed by atoms with Gasteiger partial charge < -0.3 is 23.6 Å². The molecule has 0 atom stereocenters. The van der Waals surface area contributed by atoms with Gasteiger partial charge in [-0.1, -0.05) is 24.3 Å². The number of carboxylic acids is 1. The summed E-state index contributed by atoms with van der Waals surface area (Å²) in [5.74, 6) is -1.08. The van der Waals surface area contributed by atoms with Crippen molar-refractivity contribution in [2.75, 3.05) is 0 Å². The van der Waals surface area contributed by atoms with Gasteiger partial charge in [0.15, 0.2) is 0 Å². The van der Waals surface area contributed by atoms with Crippen molar-refractivity contribution in [3.63, 3.8) is 0 Å². The van der Waals surface area contributed by atoms with Crippen LogP contribution in [-0.4, -0.2) is 17.2 Å². The second-order valence-corrected chi connectivity index (χ2v) is 12.0. The number of hydrogen-bond acceptors (Lipinski definition) is 6. The molecule has 0 heterocycles. The molecule has 4 aromatic carbocycles. The zero-order chi connectivity index (χ0) is 30.4. The molecule has 0 fully saturated rings. The van der Waals surface area contributed by atoms with E-state index in [0.29, 0.717) is 33.8 Å². The summed E-state index contributed by atoms with van der Waals surface area (Å²) in [6.45, 7) is 6.51. The average molecular weight is 597 g/mol. The average Bonchev–Trinajstić information content (AvgIpc) is 2.94. The SMILES string of the molecule is Cc1ccc(COP(=O)(OCc2ccc(C)c(F)c2)c2ccc(Oc3cc(OC(C)C)cc(C(=O)O)c3)cc2)cc1F. The number of halogens is 2. The van der Waals surface area contributed by atoms with E-state index in [1.54, 1.807) is 44.2 Å². The van der Waals surface area contributed by atoms with Crippen LogP contribution in [-0.2, 0) is 26.8 Å². The van der Waals surface area contributed by atoms with E-state index < -0.39 is 25.2 Å². The third kappa shape index (κ3) is 8.03. The predicted octanol–water partition coefficient (Wildman–Crippen LogP) is 8.11. The van der Waals surface area contributed by atoms with Crippen LogP contribution in [0.5, 0.6) is 17.2 Å². The lowest BCUT2D eigenvalue weighted by Crippen LogP contribution is -2.11. The Morgan fingerprint density at radius 3 is 1.76 bits per heavy atom. The molecule has 0 aliphatic rings. The topological polar surface area (TPSA) is 91.3 Å². The van der Waals surface area contributed by atoms with Gasteiger partial charge in [0.1, 0.15) is 28.9 Å². The number of benzene rings is 4. The fourth-order valence-corrected chi connectivity index (χ4v) is 5.41. The van der Waals surface area contributed by atoms with Crippen molar-refractivity contribution in [3.8, 4) is 17.2 Å². The molecule has 1 N–H and O–H groups in total. The molecule has 0 aliphatic carbocycles. The van der Waals surface area contributed by atoms with Gasteiger partial charge in [-0.25, -0.2) is 13.6 Å². The first kappa shape index (κ1) is 30.9. The Bertz CT molecular complexity index is 1560. The summed E-state index contributed by atoms with van der Waals surface area (Å²) < 4.78 is 65.3. The minimum absolute atomic E-state index is 0.00819. The van der Waals surface area contributed by atoms with Crippen LogP contribution in [0.15, 0.2) is 78.9 Å². The van der Waals surface area contributed by atoms with Gasteiger partial charge in [0.25, 0.3) is 0 Å². The van der Waals surface area contributed by atoms with Crippen molar-refractivity contribution in [3.05, 3.63) is 118 Å². The number of carboxylic acid groups (broad SMARTS) is 1. The Morgan fingerprint density at radius 1 is 0.762 bits per heavy atom. The van der Waals surface area contributed by atoms with Crippen LogP contribution in [0.25, 0.3) is 0 Å². The van der Waals surface area contributed by atoms with Crippen LogP contribution in [0, 0.1) is 25.5 Å². The standard InChI is InChI=1S/C32H31F2O7P/c1-20(2)40-27-15-25(32(35)36)16-28(17-27)41-26-9-11-29(12-10-26)42(37,38-18-23-7-5-21(3)30(33)13-23)39-19-24-8-6-22(4)31(34)14-24/h5-17,20H,18-19H2,1-4H3,(H,35,36). The quantitative estimate of drug-likeness (QED) is 0.165. The van der Waals surface area contributed by atoms with E-state index in [0.717, 1.165) is 0 Å². The van der Waals surface area contributed by atoms with Gasteiger partial charge in [0.05, 0.1) is 30.2 Å². The van der Waals surface area contributed by atoms with Gasteiger partial charge in [-0.15, -0.1) is 0 Å². The molecule has 0 unspecified atom stereocenters. The van der Waals surface area contributed by atoms with Crippen molar-refractivity contribution < 1.29 is 41.8 Å². The minimum Gasteiger partial charge on any atom is -0.491 e. The fourth-order valence-electron chi connectivity index (χ4n) is 3.88. The highest BCUT2D eigenvalue weighted by molar-refractivity contribution is 7.62. The summed E-state index contributed by atoms with van der Waals surface area (Å²) in [6, 6.07) is 19.5. The highest BCUT2D eigenvalue weighted by Crippen LogP contribution is 2.49. The molecule has 0 saturated heterocycles. The van der Waals surface area contributed by atoms with Gasteiger partial charge in [-0.2, -0.15) is 0 Å². The maximum atomic E-state index is 14.1. The van der Waals surface area contributed by atoms with Crippen LogP contribution >= 0.6 is 7.60 Å². The maximum absolute atomic E-state index is 14.1. The van der Waals surface area contributed by atoms with Crippen LogP contribution in [0.1, 0.15) is 46.5 Å². The van der Waals surface area contributed by atoms with E-state index in [1.807, 2.05) is 13.8 Å². The monoisotopic (exact) mass is 596 g/mol.